The van der Waals surface area contributed by atoms with E-state index < -0.39 is 17.9 Å². The average molecular weight is 243 g/mol. The molecule has 1 heterocycles. The van der Waals surface area contributed by atoms with Gasteiger partial charge < -0.3 is 16.6 Å². The minimum absolute atomic E-state index is 0.190. The van der Waals surface area contributed by atoms with Gasteiger partial charge >= 0.3 is 5.97 Å². The van der Waals surface area contributed by atoms with Gasteiger partial charge in [-0.15, -0.1) is 0 Å². The van der Waals surface area contributed by atoms with Crippen LogP contribution in [0.2, 0.25) is 0 Å². The van der Waals surface area contributed by atoms with Crippen molar-refractivity contribution in [2.45, 2.75) is 6.04 Å². The molecule has 0 saturated heterocycles. The number of hydrogen-bond donors (Lipinski definition) is 4. The molecule has 16 heavy (non-hydrogen) atoms. The van der Waals surface area contributed by atoms with E-state index in [0.717, 1.165) is 0 Å². The van der Waals surface area contributed by atoms with Crippen LogP contribution in [-0.4, -0.2) is 33.8 Å². The number of hydrogen-bond acceptors (Lipinski definition) is 5. The first-order valence-electron chi connectivity index (χ1n) is 4.28. The number of amides is 1. The van der Waals surface area contributed by atoms with Crippen LogP contribution in [-0.2, 0) is 4.79 Å². The molecule has 0 radical (unpaired) electrons. The second-order valence-electron chi connectivity index (χ2n) is 2.73. The number of carbonyl (C=O) groups excluding carboxylic acids is 1. The van der Waals surface area contributed by atoms with Crippen LogP contribution in [0.15, 0.2) is 24.5 Å². The summed E-state index contributed by atoms with van der Waals surface area (Å²) in [5, 5.41) is 8.01. The molecule has 1 aromatic rings. The monoisotopic (exact) mass is 243 g/mol. The van der Waals surface area contributed by atoms with Gasteiger partial charge in [0.2, 0.25) is 5.91 Å². The molecule has 1 rings (SSSR count). The van der Waals surface area contributed by atoms with E-state index in [1.165, 1.54) is 6.20 Å². The second-order valence-corrected chi connectivity index (χ2v) is 3.10. The molecule has 0 spiro atoms. The lowest BCUT2D eigenvalue weighted by Crippen LogP contribution is -2.31. The molecule has 0 fully saturated rings. The van der Waals surface area contributed by atoms with Crippen LogP contribution in [0.4, 0.5) is 0 Å². The molecule has 1 aromatic heterocycles. The predicted octanol–water partition coefficient (Wildman–Crippen LogP) is -0.491. The van der Waals surface area contributed by atoms with Crippen LogP contribution in [0.25, 0.3) is 0 Å². The van der Waals surface area contributed by atoms with Crippen molar-refractivity contribution in [1.29, 1.82) is 0 Å². The average Bonchev–Trinajstić information content (AvgIpc) is 2.29. The fraction of sp³-hybridized carbons (Fsp3) is 0.222. The summed E-state index contributed by atoms with van der Waals surface area (Å²) in [4.78, 5) is 23.8. The molecule has 6 nitrogen and oxygen atoms in total. The highest BCUT2D eigenvalue weighted by molar-refractivity contribution is 7.80. The van der Waals surface area contributed by atoms with Gasteiger partial charge in [0, 0.05) is 18.1 Å². The number of carbonyl (C=O) groups is 2. The van der Waals surface area contributed by atoms with E-state index in [2.05, 4.69) is 17.6 Å². The van der Waals surface area contributed by atoms with Gasteiger partial charge in [-0.25, -0.2) is 0 Å². The smallest absolute Gasteiger partial charge is 0.321 e. The molecular weight excluding hydrogens is 230 g/mol. The summed E-state index contributed by atoms with van der Waals surface area (Å²) in [5.74, 6) is -1.26. The van der Waals surface area contributed by atoms with Crippen LogP contribution in [0.5, 0.6) is 0 Å². The highest BCUT2D eigenvalue weighted by atomic mass is 32.1. The minimum atomic E-state index is -1.00. The van der Waals surface area contributed by atoms with Crippen LogP contribution in [0.1, 0.15) is 10.4 Å². The van der Waals surface area contributed by atoms with Crippen LogP contribution >= 0.6 is 12.6 Å². The first kappa shape index (κ1) is 14.4. The quantitative estimate of drug-likeness (QED) is 0.534. The summed E-state index contributed by atoms with van der Waals surface area (Å²) < 4.78 is 0. The standard InChI is InChI=1S/C6H6N2O.C3H7NO2S/c7-6(9)5-2-1-3-8-4-5;4-2(1-7)3(5)6/h1-4H,(H2,7,9);2,7H,1,4H2,(H,5,6). The van der Waals surface area contributed by atoms with Crippen molar-refractivity contribution in [3.8, 4) is 0 Å². The number of aliphatic carboxylic acids is 1. The Kier molecular flexibility index (Phi) is 6.89. The fourth-order valence-electron chi connectivity index (χ4n) is 0.587. The molecule has 0 aliphatic rings. The van der Waals surface area contributed by atoms with E-state index in [0.29, 0.717) is 5.56 Å². The molecule has 0 aliphatic carbocycles. The number of primary amides is 1. The summed E-state index contributed by atoms with van der Waals surface area (Å²) in [6.07, 6.45) is 3.02. The Morgan fingerprint density at radius 1 is 1.56 bits per heavy atom. The molecule has 0 bridgehead atoms. The van der Waals surface area contributed by atoms with E-state index in [9.17, 15) is 9.59 Å². The van der Waals surface area contributed by atoms with Crippen molar-refractivity contribution in [1.82, 2.24) is 4.98 Å². The van der Waals surface area contributed by atoms with Crippen LogP contribution in [0, 0.1) is 0 Å². The maximum absolute atomic E-state index is 10.4. The van der Waals surface area contributed by atoms with Crippen molar-refractivity contribution in [2.24, 2.45) is 11.5 Å². The lowest BCUT2D eigenvalue weighted by molar-refractivity contribution is -0.137. The first-order valence-corrected chi connectivity index (χ1v) is 4.91. The van der Waals surface area contributed by atoms with Crippen molar-refractivity contribution in [2.75, 3.05) is 5.75 Å². The van der Waals surface area contributed by atoms with Gasteiger partial charge in [-0.3, -0.25) is 14.6 Å². The van der Waals surface area contributed by atoms with Gasteiger partial charge in [0.15, 0.2) is 0 Å². The van der Waals surface area contributed by atoms with Crippen LogP contribution in [0.3, 0.4) is 0 Å². The minimum Gasteiger partial charge on any atom is -0.480 e. The molecule has 0 saturated carbocycles. The summed E-state index contributed by atoms with van der Waals surface area (Å²) >= 11 is 3.65. The fourth-order valence-corrected chi connectivity index (χ4v) is 0.743. The van der Waals surface area contributed by atoms with Gasteiger partial charge in [0.05, 0.1) is 5.56 Å². The third-order valence-electron chi connectivity index (χ3n) is 1.46. The third kappa shape index (κ3) is 5.99. The van der Waals surface area contributed by atoms with Gasteiger partial charge in [0.25, 0.3) is 0 Å². The zero-order valence-electron chi connectivity index (χ0n) is 8.41. The number of nitrogens with zero attached hydrogens (tertiary/aromatic N) is 1. The maximum atomic E-state index is 10.4. The summed E-state index contributed by atoms with van der Waals surface area (Å²) in [5.41, 5.74) is 10.3. The number of nitrogens with two attached hydrogens (primary N) is 2. The van der Waals surface area contributed by atoms with Crippen molar-refractivity contribution < 1.29 is 14.7 Å². The summed E-state index contributed by atoms with van der Waals surface area (Å²) in [6, 6.07) is 2.47. The first-order chi connectivity index (χ1) is 7.49. The zero-order chi connectivity index (χ0) is 12.6. The number of carboxylic acid groups (broad SMARTS) is 1. The lowest BCUT2D eigenvalue weighted by atomic mass is 10.3. The van der Waals surface area contributed by atoms with Gasteiger partial charge in [-0.2, -0.15) is 12.6 Å². The molecule has 1 atom stereocenters. The Bertz CT molecular complexity index is 345. The highest BCUT2D eigenvalue weighted by Gasteiger charge is 2.06. The van der Waals surface area contributed by atoms with Gasteiger partial charge in [0.1, 0.15) is 6.04 Å². The molecule has 0 aromatic carbocycles. The number of aromatic nitrogens is 1. The van der Waals surface area contributed by atoms with Crippen LogP contribution < -0.4 is 11.5 Å². The van der Waals surface area contributed by atoms with E-state index in [-0.39, 0.29) is 5.75 Å². The Hall–Kier alpha value is -1.60. The number of pyridine rings is 1. The molecule has 0 aliphatic heterocycles. The second kappa shape index (κ2) is 7.66. The zero-order valence-corrected chi connectivity index (χ0v) is 9.30. The third-order valence-corrected chi connectivity index (χ3v) is 1.85. The Morgan fingerprint density at radius 3 is 2.38 bits per heavy atom. The Balaban J connectivity index is 0.000000293. The summed E-state index contributed by atoms with van der Waals surface area (Å²) in [7, 11) is 0. The number of carboxylic acids is 1. The van der Waals surface area contributed by atoms with Gasteiger partial charge in [-0.05, 0) is 12.1 Å². The van der Waals surface area contributed by atoms with E-state index in [4.69, 9.17) is 16.6 Å². The molecule has 1 unspecified atom stereocenters. The van der Waals surface area contributed by atoms with E-state index in [1.807, 2.05) is 0 Å². The SMILES string of the molecule is NC(=O)c1cccnc1.NC(CS)C(=O)O. The number of rotatable bonds is 3. The van der Waals surface area contributed by atoms with Gasteiger partial charge in [-0.1, -0.05) is 0 Å². The molecule has 5 N–H and O–H groups in total. The Labute approximate surface area is 98.1 Å². The topological polar surface area (TPSA) is 119 Å². The largest absolute Gasteiger partial charge is 0.480 e. The lowest BCUT2D eigenvalue weighted by Gasteiger charge is -1.96. The molecule has 1 amide bonds. The van der Waals surface area contributed by atoms with E-state index >= 15 is 0 Å². The molecule has 7 heteroatoms. The molecule has 88 valence electrons. The normalized spacial score (nSPS) is 10.9. The van der Waals surface area contributed by atoms with E-state index in [1.54, 1.807) is 18.3 Å². The van der Waals surface area contributed by atoms with Crippen molar-refractivity contribution in [3.05, 3.63) is 30.1 Å². The summed E-state index contributed by atoms with van der Waals surface area (Å²) in [6.45, 7) is 0. The highest BCUT2D eigenvalue weighted by Crippen LogP contribution is 1.91. The molecular formula is C9H13N3O3S. The predicted molar refractivity (Wildman–Crippen MR) is 62.2 cm³/mol. The number of thiol groups is 1. The maximum Gasteiger partial charge on any atom is 0.321 e. The van der Waals surface area contributed by atoms with Crippen molar-refractivity contribution >= 4 is 24.5 Å². The van der Waals surface area contributed by atoms with Crippen molar-refractivity contribution in [3.63, 3.8) is 0 Å². The Morgan fingerprint density at radius 2 is 2.19 bits per heavy atom.